The third-order valence-corrected chi connectivity index (χ3v) is 6.96. The van der Waals surface area contributed by atoms with Crippen LogP contribution in [0.4, 0.5) is 4.79 Å². The Kier molecular flexibility index (Phi) is 13.1. The molecule has 232 valence electrons. The van der Waals surface area contributed by atoms with Crippen molar-refractivity contribution >= 4 is 17.9 Å². The van der Waals surface area contributed by atoms with Gasteiger partial charge in [-0.15, -0.1) is 0 Å². The summed E-state index contributed by atoms with van der Waals surface area (Å²) in [4.78, 5) is 43.2. The largest absolute Gasteiger partial charge is 0.444 e. The standard InChI is InChI=1S/C35H53N3O4/c1-10-11-12-13-17-22-38(30(31(39)37-34(4,5)6)28-21-20-25(2)26(3)23-28)32(40)29(24-27-18-15-14-16-19-27)36-33(41)42-35(7,8)9/h14-16,18-21,23,29-30H,10-13,17,22,24H2,1-9H3,(H,36,41)(H,37,39). The Hall–Kier alpha value is -3.35. The minimum absolute atomic E-state index is 0.247. The minimum Gasteiger partial charge on any atom is -0.444 e. The predicted octanol–water partition coefficient (Wildman–Crippen LogP) is 7.19. The molecule has 2 rings (SSSR count). The molecule has 2 atom stereocenters. The molecule has 2 N–H and O–H groups in total. The summed E-state index contributed by atoms with van der Waals surface area (Å²) in [5.74, 6) is -0.559. The van der Waals surface area contributed by atoms with Crippen LogP contribution >= 0.6 is 0 Å². The Morgan fingerprint density at radius 2 is 1.50 bits per heavy atom. The van der Waals surface area contributed by atoms with Crippen molar-refractivity contribution in [2.45, 2.75) is 124 Å². The first-order valence-corrected chi connectivity index (χ1v) is 15.3. The molecular weight excluding hydrogens is 526 g/mol. The van der Waals surface area contributed by atoms with Crippen LogP contribution in [0.3, 0.4) is 0 Å². The highest BCUT2D eigenvalue weighted by molar-refractivity contribution is 5.92. The van der Waals surface area contributed by atoms with E-state index in [0.717, 1.165) is 54.4 Å². The molecule has 0 radical (unpaired) electrons. The van der Waals surface area contributed by atoms with E-state index in [1.807, 2.05) is 83.1 Å². The van der Waals surface area contributed by atoms with Gasteiger partial charge in [0.25, 0.3) is 0 Å². The van der Waals surface area contributed by atoms with Gasteiger partial charge in [-0.2, -0.15) is 0 Å². The summed E-state index contributed by atoms with van der Waals surface area (Å²) < 4.78 is 5.55. The molecule has 0 spiro atoms. The average molecular weight is 580 g/mol. The fraction of sp³-hybridized carbons (Fsp3) is 0.571. The number of nitrogens with zero attached hydrogens (tertiary/aromatic N) is 1. The normalized spacial score (nSPS) is 13.2. The number of alkyl carbamates (subject to hydrolysis) is 1. The lowest BCUT2D eigenvalue weighted by Gasteiger charge is -2.36. The lowest BCUT2D eigenvalue weighted by atomic mass is 9.96. The smallest absolute Gasteiger partial charge is 0.408 e. The highest BCUT2D eigenvalue weighted by Crippen LogP contribution is 2.27. The molecule has 42 heavy (non-hydrogen) atoms. The Balaban J connectivity index is 2.59. The fourth-order valence-electron chi connectivity index (χ4n) is 4.80. The van der Waals surface area contributed by atoms with Gasteiger partial charge in [-0.3, -0.25) is 9.59 Å². The lowest BCUT2D eigenvalue weighted by molar-refractivity contribution is -0.143. The van der Waals surface area contributed by atoms with E-state index in [0.29, 0.717) is 6.54 Å². The van der Waals surface area contributed by atoms with E-state index in [9.17, 15) is 14.4 Å². The monoisotopic (exact) mass is 579 g/mol. The number of hydrogen-bond donors (Lipinski definition) is 2. The average Bonchev–Trinajstić information content (AvgIpc) is 2.87. The number of unbranched alkanes of at least 4 members (excludes halogenated alkanes) is 4. The first-order valence-electron chi connectivity index (χ1n) is 15.3. The first kappa shape index (κ1) is 34.8. The molecule has 2 unspecified atom stereocenters. The van der Waals surface area contributed by atoms with Crippen molar-refractivity contribution in [1.29, 1.82) is 0 Å². The molecule has 0 aliphatic carbocycles. The summed E-state index contributed by atoms with van der Waals surface area (Å²) >= 11 is 0. The van der Waals surface area contributed by atoms with Gasteiger partial charge in [0.1, 0.15) is 17.7 Å². The molecule has 0 bridgehead atoms. The summed E-state index contributed by atoms with van der Waals surface area (Å²) in [6.07, 6.45) is 4.59. The van der Waals surface area contributed by atoms with E-state index in [1.54, 1.807) is 25.7 Å². The number of aryl methyl sites for hydroxylation is 2. The van der Waals surface area contributed by atoms with E-state index in [-0.39, 0.29) is 18.2 Å². The van der Waals surface area contributed by atoms with Gasteiger partial charge in [-0.05, 0) is 84.1 Å². The highest BCUT2D eigenvalue weighted by atomic mass is 16.6. The minimum atomic E-state index is -0.922. The summed E-state index contributed by atoms with van der Waals surface area (Å²) in [5.41, 5.74) is 2.58. The lowest BCUT2D eigenvalue weighted by Crippen LogP contribution is -2.55. The number of benzene rings is 2. The van der Waals surface area contributed by atoms with Crippen molar-refractivity contribution in [3.63, 3.8) is 0 Å². The number of hydrogen-bond acceptors (Lipinski definition) is 4. The molecule has 2 aromatic carbocycles. The van der Waals surface area contributed by atoms with Crippen LogP contribution in [0.1, 0.15) is 109 Å². The van der Waals surface area contributed by atoms with E-state index < -0.39 is 29.3 Å². The van der Waals surface area contributed by atoms with Crippen LogP contribution < -0.4 is 10.6 Å². The number of ether oxygens (including phenoxy) is 1. The molecular formula is C35H53N3O4. The summed E-state index contributed by atoms with van der Waals surface area (Å²) in [6, 6.07) is 13.7. The second-order valence-corrected chi connectivity index (χ2v) is 13.3. The third-order valence-electron chi connectivity index (χ3n) is 6.96. The molecule has 0 saturated heterocycles. The fourth-order valence-corrected chi connectivity index (χ4v) is 4.80. The van der Waals surface area contributed by atoms with Crippen molar-refractivity contribution in [2.75, 3.05) is 6.54 Å². The molecule has 7 heteroatoms. The van der Waals surface area contributed by atoms with Crippen molar-refractivity contribution in [3.8, 4) is 0 Å². The Labute approximate surface area is 253 Å². The molecule has 2 aromatic rings. The Bertz CT molecular complexity index is 1160. The molecule has 0 saturated carbocycles. The maximum atomic E-state index is 14.6. The van der Waals surface area contributed by atoms with Crippen molar-refractivity contribution in [3.05, 3.63) is 70.8 Å². The maximum Gasteiger partial charge on any atom is 0.408 e. The first-order chi connectivity index (χ1) is 19.6. The van der Waals surface area contributed by atoms with Crippen molar-refractivity contribution in [1.82, 2.24) is 15.5 Å². The van der Waals surface area contributed by atoms with Gasteiger partial charge in [-0.25, -0.2) is 4.79 Å². The topological polar surface area (TPSA) is 87.7 Å². The number of amides is 3. The summed E-state index contributed by atoms with van der Waals surface area (Å²) in [5, 5.41) is 5.96. The van der Waals surface area contributed by atoms with Crippen LogP contribution in [0.15, 0.2) is 48.5 Å². The van der Waals surface area contributed by atoms with Crippen LogP contribution in [0.2, 0.25) is 0 Å². The zero-order valence-electron chi connectivity index (χ0n) is 27.3. The Morgan fingerprint density at radius 1 is 0.857 bits per heavy atom. The molecule has 0 aliphatic heterocycles. The SMILES string of the molecule is CCCCCCCN(C(=O)C(Cc1ccccc1)NC(=O)OC(C)(C)C)C(C(=O)NC(C)(C)C)c1ccc(C)c(C)c1. The van der Waals surface area contributed by atoms with Gasteiger partial charge in [0.05, 0.1) is 0 Å². The number of rotatable bonds is 13. The van der Waals surface area contributed by atoms with Crippen LogP contribution in [0.25, 0.3) is 0 Å². The zero-order valence-corrected chi connectivity index (χ0v) is 27.3. The molecule has 0 fully saturated rings. The maximum absolute atomic E-state index is 14.6. The van der Waals surface area contributed by atoms with Gasteiger partial charge in [0, 0.05) is 18.5 Å². The quantitative estimate of drug-likeness (QED) is 0.246. The van der Waals surface area contributed by atoms with Crippen LogP contribution in [-0.2, 0) is 20.7 Å². The van der Waals surface area contributed by atoms with Crippen molar-refractivity contribution in [2.24, 2.45) is 0 Å². The van der Waals surface area contributed by atoms with E-state index in [4.69, 9.17) is 4.74 Å². The molecule has 0 heterocycles. The van der Waals surface area contributed by atoms with Crippen LogP contribution in [0.5, 0.6) is 0 Å². The van der Waals surface area contributed by atoms with E-state index >= 15 is 0 Å². The van der Waals surface area contributed by atoms with Gasteiger partial charge in [-0.1, -0.05) is 81.1 Å². The second-order valence-electron chi connectivity index (χ2n) is 13.3. The van der Waals surface area contributed by atoms with Crippen LogP contribution in [-0.4, -0.2) is 46.5 Å². The van der Waals surface area contributed by atoms with Crippen molar-refractivity contribution < 1.29 is 19.1 Å². The van der Waals surface area contributed by atoms with Crippen LogP contribution in [0, 0.1) is 13.8 Å². The van der Waals surface area contributed by atoms with E-state index in [2.05, 4.69) is 17.6 Å². The highest BCUT2D eigenvalue weighted by Gasteiger charge is 2.37. The number of nitrogens with one attached hydrogen (secondary N) is 2. The molecule has 7 nitrogen and oxygen atoms in total. The van der Waals surface area contributed by atoms with Gasteiger partial charge >= 0.3 is 6.09 Å². The molecule has 0 aromatic heterocycles. The molecule has 3 amide bonds. The summed E-state index contributed by atoms with van der Waals surface area (Å²) in [6.45, 7) is 17.8. The predicted molar refractivity (Wildman–Crippen MR) is 170 cm³/mol. The molecule has 0 aliphatic rings. The second kappa shape index (κ2) is 15.8. The van der Waals surface area contributed by atoms with Gasteiger partial charge < -0.3 is 20.3 Å². The summed E-state index contributed by atoms with van der Waals surface area (Å²) in [7, 11) is 0. The zero-order chi connectivity index (χ0) is 31.5. The Morgan fingerprint density at radius 3 is 2.07 bits per heavy atom. The van der Waals surface area contributed by atoms with Gasteiger partial charge in [0.2, 0.25) is 11.8 Å². The number of carbonyl (C=O) groups excluding carboxylic acids is 3. The van der Waals surface area contributed by atoms with Gasteiger partial charge in [0.15, 0.2) is 0 Å². The number of carbonyl (C=O) groups is 3. The van der Waals surface area contributed by atoms with E-state index in [1.165, 1.54) is 0 Å². The third kappa shape index (κ3) is 11.9.